The molecule has 0 radical (unpaired) electrons. The number of aromatic nitrogens is 2. The third-order valence-corrected chi connectivity index (χ3v) is 3.06. The Balaban J connectivity index is 0.00000200. The zero-order valence-corrected chi connectivity index (χ0v) is 14.4. The molecule has 6 heteroatoms. The molecule has 112 valence electrons. The first kappa shape index (κ1) is 17.0. The zero-order valence-electron chi connectivity index (χ0n) is 12.0. The minimum Gasteiger partial charge on any atom is -0.474 e. The van der Waals surface area contributed by atoms with Crippen LogP contribution in [0.25, 0.3) is 5.57 Å². The van der Waals surface area contributed by atoms with Gasteiger partial charge in [-0.2, -0.15) is 0 Å². The highest BCUT2D eigenvalue weighted by atomic mass is 127. The van der Waals surface area contributed by atoms with E-state index < -0.39 is 0 Å². The molecule has 1 aliphatic heterocycles. The number of allylic oxidation sites excluding steroid dienone is 2. The van der Waals surface area contributed by atoms with Crippen LogP contribution >= 0.6 is 24.0 Å². The summed E-state index contributed by atoms with van der Waals surface area (Å²) in [5.74, 6) is 0.506. The van der Waals surface area contributed by atoms with Crippen LogP contribution in [0.3, 0.4) is 0 Å². The van der Waals surface area contributed by atoms with Crippen LogP contribution in [-0.4, -0.2) is 35.4 Å². The lowest BCUT2D eigenvalue weighted by Crippen LogP contribution is -2.16. The highest BCUT2D eigenvalue weighted by Gasteiger charge is 2.17. The average molecular weight is 391 g/mol. The van der Waals surface area contributed by atoms with E-state index in [0.29, 0.717) is 18.2 Å². The smallest absolute Gasteiger partial charge is 0.283 e. The van der Waals surface area contributed by atoms with Gasteiger partial charge in [0.1, 0.15) is 0 Å². The number of nitrogens with zero attached hydrogens (tertiary/aromatic N) is 3. The summed E-state index contributed by atoms with van der Waals surface area (Å²) in [5.41, 5.74) is 1.78. The Labute approximate surface area is 137 Å². The molecule has 2 rings (SSSR count). The van der Waals surface area contributed by atoms with Crippen molar-refractivity contribution in [1.29, 1.82) is 0 Å². The molecule has 0 amide bonds. The van der Waals surface area contributed by atoms with Crippen LogP contribution in [0.1, 0.15) is 38.3 Å². The summed E-state index contributed by atoms with van der Waals surface area (Å²) in [7, 11) is 2.02. The van der Waals surface area contributed by atoms with E-state index in [1.165, 1.54) is 19.3 Å². The predicted octanol–water partition coefficient (Wildman–Crippen LogP) is 3.49. The molecule has 2 heterocycles. The number of halogens is 1. The Morgan fingerprint density at radius 1 is 1.30 bits per heavy atom. The SMILES string of the molecule is CCCCCCOc1nonc1C1=CC=CN(C)C1.I. The highest BCUT2D eigenvalue weighted by Crippen LogP contribution is 2.24. The number of rotatable bonds is 7. The standard InChI is InChI=1S/C14H21N3O2.HI/c1-3-4-5-6-10-18-14-13(15-19-16-14)12-8-7-9-17(2)11-12;/h7-9H,3-6,10-11H2,1-2H3;1H. The van der Waals surface area contributed by atoms with Crippen molar-refractivity contribution in [3.63, 3.8) is 0 Å². The van der Waals surface area contributed by atoms with Gasteiger partial charge in [0.15, 0.2) is 5.69 Å². The highest BCUT2D eigenvalue weighted by molar-refractivity contribution is 14.0. The van der Waals surface area contributed by atoms with Gasteiger partial charge >= 0.3 is 0 Å². The van der Waals surface area contributed by atoms with Crippen LogP contribution in [0.5, 0.6) is 5.88 Å². The van der Waals surface area contributed by atoms with Crippen molar-refractivity contribution in [2.45, 2.75) is 32.6 Å². The summed E-state index contributed by atoms with van der Waals surface area (Å²) < 4.78 is 10.5. The van der Waals surface area contributed by atoms with E-state index in [0.717, 1.165) is 18.5 Å². The number of hydrogen-bond donors (Lipinski definition) is 0. The molecule has 0 unspecified atom stereocenters. The maximum absolute atomic E-state index is 5.66. The van der Waals surface area contributed by atoms with Crippen LogP contribution in [0.2, 0.25) is 0 Å². The van der Waals surface area contributed by atoms with Crippen molar-refractivity contribution in [2.24, 2.45) is 0 Å². The molecule has 0 aromatic carbocycles. The second-order valence-electron chi connectivity index (χ2n) is 4.78. The number of ether oxygens (including phenoxy) is 1. The van der Waals surface area contributed by atoms with Gasteiger partial charge in [0, 0.05) is 19.2 Å². The first-order valence-electron chi connectivity index (χ1n) is 6.84. The lowest BCUT2D eigenvalue weighted by atomic mass is 10.1. The van der Waals surface area contributed by atoms with Gasteiger partial charge in [0.25, 0.3) is 5.88 Å². The zero-order chi connectivity index (χ0) is 13.5. The van der Waals surface area contributed by atoms with Gasteiger partial charge in [-0.05, 0) is 29.0 Å². The summed E-state index contributed by atoms with van der Waals surface area (Å²) in [5, 5.41) is 7.79. The molecular formula is C14H22IN3O2. The van der Waals surface area contributed by atoms with Crippen LogP contribution in [-0.2, 0) is 0 Å². The first-order chi connectivity index (χ1) is 9.31. The lowest BCUT2D eigenvalue weighted by Gasteiger charge is -2.18. The molecule has 0 saturated heterocycles. The molecule has 0 saturated carbocycles. The maximum Gasteiger partial charge on any atom is 0.283 e. The molecule has 5 nitrogen and oxygen atoms in total. The van der Waals surface area contributed by atoms with Crippen molar-refractivity contribution < 1.29 is 9.37 Å². The molecule has 0 atom stereocenters. The van der Waals surface area contributed by atoms with E-state index in [1.54, 1.807) is 0 Å². The second-order valence-corrected chi connectivity index (χ2v) is 4.78. The maximum atomic E-state index is 5.66. The second kappa shape index (κ2) is 8.99. The normalized spacial score (nSPS) is 13.9. The van der Waals surface area contributed by atoms with E-state index in [9.17, 15) is 0 Å². The van der Waals surface area contributed by atoms with Crippen molar-refractivity contribution in [2.75, 3.05) is 20.2 Å². The molecule has 1 aromatic rings. The summed E-state index contributed by atoms with van der Waals surface area (Å²) in [6, 6.07) is 0. The van der Waals surface area contributed by atoms with Gasteiger partial charge in [0.05, 0.1) is 6.61 Å². The molecule has 1 aromatic heterocycles. The topological polar surface area (TPSA) is 51.4 Å². The third kappa shape index (κ3) is 4.81. The van der Waals surface area contributed by atoms with Crippen LogP contribution < -0.4 is 4.74 Å². The molecular weight excluding hydrogens is 369 g/mol. The van der Waals surface area contributed by atoms with E-state index >= 15 is 0 Å². The van der Waals surface area contributed by atoms with Crippen molar-refractivity contribution >= 4 is 29.5 Å². The van der Waals surface area contributed by atoms with Gasteiger partial charge in [-0.1, -0.05) is 32.3 Å². The number of likely N-dealkylation sites (N-methyl/N-ethyl adjacent to an activating group) is 1. The Kier molecular flexibility index (Phi) is 7.64. The predicted molar refractivity (Wildman–Crippen MR) is 89.1 cm³/mol. The Morgan fingerprint density at radius 3 is 2.90 bits per heavy atom. The van der Waals surface area contributed by atoms with Gasteiger partial charge in [-0.15, -0.1) is 24.0 Å². The van der Waals surface area contributed by atoms with Crippen molar-refractivity contribution in [3.8, 4) is 5.88 Å². The monoisotopic (exact) mass is 391 g/mol. The van der Waals surface area contributed by atoms with Gasteiger partial charge < -0.3 is 9.64 Å². The largest absolute Gasteiger partial charge is 0.474 e. The Hall–Kier alpha value is -1.05. The summed E-state index contributed by atoms with van der Waals surface area (Å²) in [4.78, 5) is 2.08. The van der Waals surface area contributed by atoms with Crippen LogP contribution in [0.4, 0.5) is 0 Å². The van der Waals surface area contributed by atoms with Crippen molar-refractivity contribution in [3.05, 3.63) is 24.0 Å². The van der Waals surface area contributed by atoms with Crippen LogP contribution in [0.15, 0.2) is 23.0 Å². The van der Waals surface area contributed by atoms with Gasteiger partial charge in [-0.3, -0.25) is 0 Å². The molecule has 0 fully saturated rings. The fourth-order valence-electron chi connectivity index (χ4n) is 2.00. The number of unbranched alkanes of at least 4 members (excludes halogenated alkanes) is 3. The molecule has 0 N–H and O–H groups in total. The molecule has 0 aliphatic carbocycles. The molecule has 1 aliphatic rings. The minimum absolute atomic E-state index is 0. The van der Waals surface area contributed by atoms with E-state index in [-0.39, 0.29) is 24.0 Å². The Bertz CT molecular complexity index is 457. The fraction of sp³-hybridized carbons (Fsp3) is 0.571. The molecule has 0 bridgehead atoms. The average Bonchev–Trinajstić information content (AvgIpc) is 2.87. The fourth-order valence-corrected chi connectivity index (χ4v) is 2.00. The lowest BCUT2D eigenvalue weighted by molar-refractivity contribution is 0.251. The molecule has 0 spiro atoms. The quantitative estimate of drug-likeness (QED) is 0.526. The van der Waals surface area contributed by atoms with E-state index in [1.807, 2.05) is 25.4 Å². The Morgan fingerprint density at radius 2 is 2.15 bits per heavy atom. The molecule has 20 heavy (non-hydrogen) atoms. The van der Waals surface area contributed by atoms with Crippen molar-refractivity contribution in [1.82, 2.24) is 15.2 Å². The minimum atomic E-state index is 0. The summed E-state index contributed by atoms with van der Waals surface area (Å²) in [6.45, 7) is 3.65. The van der Waals surface area contributed by atoms with E-state index in [4.69, 9.17) is 9.37 Å². The summed E-state index contributed by atoms with van der Waals surface area (Å²) in [6.07, 6.45) is 10.7. The van der Waals surface area contributed by atoms with Gasteiger partial charge in [0.2, 0.25) is 0 Å². The number of hydrogen-bond acceptors (Lipinski definition) is 5. The van der Waals surface area contributed by atoms with E-state index in [2.05, 4.69) is 22.1 Å². The van der Waals surface area contributed by atoms with Gasteiger partial charge in [-0.25, -0.2) is 4.63 Å². The van der Waals surface area contributed by atoms with Crippen LogP contribution in [0, 0.1) is 0 Å². The summed E-state index contributed by atoms with van der Waals surface area (Å²) >= 11 is 0. The third-order valence-electron chi connectivity index (χ3n) is 3.06. The first-order valence-corrected chi connectivity index (χ1v) is 6.84.